The van der Waals surface area contributed by atoms with E-state index in [2.05, 4.69) is 20.6 Å². The van der Waals surface area contributed by atoms with Crippen LogP contribution in [0.5, 0.6) is 0 Å². The first-order chi connectivity index (χ1) is 15.9. The molecule has 0 aliphatic rings. The fraction of sp³-hybridized carbons (Fsp3) is 0.125. The van der Waals surface area contributed by atoms with Gasteiger partial charge in [-0.3, -0.25) is 9.59 Å². The van der Waals surface area contributed by atoms with Crippen molar-refractivity contribution in [2.45, 2.75) is 17.0 Å². The zero-order valence-electron chi connectivity index (χ0n) is 17.6. The van der Waals surface area contributed by atoms with Gasteiger partial charge in [0.15, 0.2) is 16.8 Å². The topological polar surface area (TPSA) is 86.9 Å². The van der Waals surface area contributed by atoms with Crippen molar-refractivity contribution in [1.82, 2.24) is 20.6 Å². The van der Waals surface area contributed by atoms with Crippen LogP contribution in [0.25, 0.3) is 11.0 Å². The highest BCUT2D eigenvalue weighted by molar-refractivity contribution is 7.98. The Labute approximate surface area is 192 Å². The van der Waals surface area contributed by atoms with Crippen LogP contribution in [0, 0.1) is 11.6 Å². The first-order valence-electron chi connectivity index (χ1n) is 10.1. The van der Waals surface area contributed by atoms with E-state index < -0.39 is 29.5 Å². The molecule has 0 radical (unpaired) electrons. The zero-order chi connectivity index (χ0) is 23.4. The Hall–Kier alpha value is -3.72. The van der Waals surface area contributed by atoms with Crippen molar-refractivity contribution in [3.8, 4) is 0 Å². The minimum absolute atomic E-state index is 0.139. The first kappa shape index (κ1) is 22.5. The summed E-state index contributed by atoms with van der Waals surface area (Å²) in [5, 5.41) is 5.81. The van der Waals surface area contributed by atoms with Crippen molar-refractivity contribution in [3.63, 3.8) is 0 Å². The van der Waals surface area contributed by atoms with Gasteiger partial charge in [0.05, 0.1) is 11.0 Å². The maximum absolute atomic E-state index is 13.6. The summed E-state index contributed by atoms with van der Waals surface area (Å²) in [5.41, 5.74) is 3.34. The summed E-state index contributed by atoms with van der Waals surface area (Å²) in [6.07, 6.45) is 0. The van der Waals surface area contributed by atoms with Gasteiger partial charge in [0, 0.05) is 18.4 Å². The van der Waals surface area contributed by atoms with Crippen molar-refractivity contribution in [2.24, 2.45) is 0 Å². The van der Waals surface area contributed by atoms with E-state index in [0.717, 1.165) is 33.9 Å². The molecule has 1 aromatic heterocycles. The van der Waals surface area contributed by atoms with Crippen LogP contribution in [0.15, 0.2) is 71.9 Å². The van der Waals surface area contributed by atoms with Gasteiger partial charge in [-0.2, -0.15) is 0 Å². The highest BCUT2D eigenvalue weighted by atomic mass is 32.2. The molecule has 9 heteroatoms. The maximum Gasteiger partial charge on any atom is 0.252 e. The third-order valence-electron chi connectivity index (χ3n) is 5.02. The number of benzene rings is 3. The van der Waals surface area contributed by atoms with Crippen molar-refractivity contribution in [3.05, 3.63) is 95.1 Å². The number of amides is 2. The number of aromatic amines is 1. The van der Waals surface area contributed by atoms with Gasteiger partial charge in [-0.05, 0) is 47.5 Å². The van der Waals surface area contributed by atoms with E-state index >= 15 is 0 Å². The minimum atomic E-state index is -1.17. The van der Waals surface area contributed by atoms with Crippen LogP contribution in [-0.4, -0.2) is 28.8 Å². The van der Waals surface area contributed by atoms with Crippen molar-refractivity contribution < 1.29 is 18.4 Å². The van der Waals surface area contributed by atoms with Gasteiger partial charge in [0.25, 0.3) is 5.91 Å². The van der Waals surface area contributed by atoms with Crippen LogP contribution >= 0.6 is 11.8 Å². The van der Waals surface area contributed by atoms with Crippen LogP contribution in [0.4, 0.5) is 8.78 Å². The summed E-state index contributed by atoms with van der Waals surface area (Å²) in [6.45, 7) is 0. The van der Waals surface area contributed by atoms with Crippen molar-refractivity contribution in [1.29, 1.82) is 0 Å². The predicted molar refractivity (Wildman–Crippen MR) is 123 cm³/mol. The third kappa shape index (κ3) is 5.20. The molecule has 3 N–H and O–H groups in total. The number of aromatic nitrogens is 2. The summed E-state index contributed by atoms with van der Waals surface area (Å²) in [7, 11) is 1.40. The van der Waals surface area contributed by atoms with Gasteiger partial charge in [0.1, 0.15) is 6.04 Å². The predicted octanol–water partition coefficient (Wildman–Crippen LogP) is 4.35. The van der Waals surface area contributed by atoms with E-state index in [9.17, 15) is 18.4 Å². The Morgan fingerprint density at radius 3 is 2.48 bits per heavy atom. The minimum Gasteiger partial charge on any atom is -0.357 e. The molecule has 6 nitrogen and oxygen atoms in total. The lowest BCUT2D eigenvalue weighted by Gasteiger charge is -2.18. The van der Waals surface area contributed by atoms with Crippen LogP contribution in [0.1, 0.15) is 27.5 Å². The summed E-state index contributed by atoms with van der Waals surface area (Å²) >= 11 is 1.54. The molecule has 1 heterocycles. The van der Waals surface area contributed by atoms with Crippen LogP contribution < -0.4 is 10.6 Å². The summed E-state index contributed by atoms with van der Waals surface area (Å²) in [5.74, 6) is -2.53. The average molecular weight is 467 g/mol. The summed E-state index contributed by atoms with van der Waals surface area (Å²) < 4.78 is 26.9. The molecule has 33 heavy (non-hydrogen) atoms. The third-order valence-corrected chi connectivity index (χ3v) is 5.96. The van der Waals surface area contributed by atoms with E-state index in [1.54, 1.807) is 23.9 Å². The number of carbonyl (C=O) groups excluding carboxylic acids is 2. The molecule has 0 aliphatic carbocycles. The highest BCUT2D eigenvalue weighted by Crippen LogP contribution is 2.23. The second-order valence-corrected chi connectivity index (χ2v) is 8.20. The lowest BCUT2D eigenvalue weighted by atomic mass is 10.0. The molecule has 0 aliphatic heterocycles. The first-order valence-corrected chi connectivity index (χ1v) is 11.1. The number of H-pyrrole nitrogens is 1. The number of hydrogen-bond acceptors (Lipinski definition) is 4. The van der Waals surface area contributed by atoms with E-state index in [-0.39, 0.29) is 5.56 Å². The molecule has 4 rings (SSSR count). The van der Waals surface area contributed by atoms with Crippen LogP contribution in [0.2, 0.25) is 0 Å². The number of imidazole rings is 1. The number of nitrogens with zero attached hydrogens (tertiary/aromatic N) is 1. The average Bonchev–Trinajstić information content (AvgIpc) is 3.26. The normalized spacial score (nSPS) is 11.8. The summed E-state index contributed by atoms with van der Waals surface area (Å²) in [4.78, 5) is 32.8. The Balaban J connectivity index is 1.42. The number of fused-ring (bicyclic) bond motifs is 1. The van der Waals surface area contributed by atoms with E-state index in [0.29, 0.717) is 11.3 Å². The van der Waals surface area contributed by atoms with E-state index in [1.165, 1.54) is 13.1 Å². The molecule has 3 aromatic carbocycles. The van der Waals surface area contributed by atoms with E-state index in [1.807, 2.05) is 36.4 Å². The van der Waals surface area contributed by atoms with Gasteiger partial charge in [-0.15, -0.1) is 0 Å². The molecular formula is C24H20F2N4O2S. The molecule has 0 saturated carbocycles. The standard InChI is InChI=1S/C24H20F2N4O2S/c1-27-23(32)21(16-10-11-17(25)18(26)12-16)30-22(31)15-8-6-14(7-9-15)13-33-24-28-19-4-2-3-5-20(19)29-24/h2-12,21H,13H2,1H3,(H,27,32)(H,28,29)(H,30,31). The van der Waals surface area contributed by atoms with Gasteiger partial charge < -0.3 is 15.6 Å². The quantitative estimate of drug-likeness (QED) is 0.354. The molecule has 0 bridgehead atoms. The number of carbonyl (C=O) groups is 2. The molecule has 168 valence electrons. The number of para-hydroxylation sites is 2. The molecular weight excluding hydrogens is 446 g/mol. The molecule has 0 saturated heterocycles. The second-order valence-electron chi connectivity index (χ2n) is 7.24. The van der Waals surface area contributed by atoms with Crippen LogP contribution in [0.3, 0.4) is 0 Å². The summed E-state index contributed by atoms with van der Waals surface area (Å²) in [6, 6.07) is 16.6. The van der Waals surface area contributed by atoms with Gasteiger partial charge >= 0.3 is 0 Å². The monoisotopic (exact) mass is 466 g/mol. The molecule has 2 amide bonds. The smallest absolute Gasteiger partial charge is 0.252 e. The number of hydrogen-bond donors (Lipinski definition) is 3. The van der Waals surface area contributed by atoms with Crippen molar-refractivity contribution in [2.75, 3.05) is 7.05 Å². The zero-order valence-corrected chi connectivity index (χ0v) is 18.4. The lowest BCUT2D eigenvalue weighted by molar-refractivity contribution is -0.122. The Morgan fingerprint density at radius 1 is 1.03 bits per heavy atom. The highest BCUT2D eigenvalue weighted by Gasteiger charge is 2.23. The maximum atomic E-state index is 13.6. The molecule has 0 fully saturated rings. The van der Waals surface area contributed by atoms with Crippen molar-refractivity contribution >= 4 is 34.6 Å². The molecule has 1 atom stereocenters. The largest absolute Gasteiger partial charge is 0.357 e. The van der Waals surface area contributed by atoms with Crippen LogP contribution in [-0.2, 0) is 10.5 Å². The van der Waals surface area contributed by atoms with E-state index in [4.69, 9.17) is 0 Å². The second kappa shape index (κ2) is 9.83. The lowest BCUT2D eigenvalue weighted by Crippen LogP contribution is -2.39. The number of rotatable bonds is 7. The number of likely N-dealkylation sites (N-methyl/N-ethyl adjacent to an activating group) is 1. The van der Waals surface area contributed by atoms with Gasteiger partial charge in [-0.25, -0.2) is 13.8 Å². The number of nitrogens with one attached hydrogen (secondary N) is 3. The number of halogens is 2. The SMILES string of the molecule is CNC(=O)C(NC(=O)c1ccc(CSc2nc3ccccc3[nH]2)cc1)c1ccc(F)c(F)c1. The fourth-order valence-corrected chi connectivity index (χ4v) is 4.09. The number of thioether (sulfide) groups is 1. The van der Waals surface area contributed by atoms with Gasteiger partial charge in [0.2, 0.25) is 5.91 Å². The molecule has 0 spiro atoms. The fourth-order valence-electron chi connectivity index (χ4n) is 3.25. The molecule has 4 aromatic rings. The van der Waals surface area contributed by atoms with Gasteiger partial charge in [-0.1, -0.05) is 42.1 Å². The molecule has 1 unspecified atom stereocenters. The Kier molecular flexibility index (Phi) is 6.69. The Morgan fingerprint density at radius 2 is 1.79 bits per heavy atom. The Bertz CT molecular complexity index is 1270.